The van der Waals surface area contributed by atoms with Crippen LogP contribution in [0.15, 0.2) is 12.1 Å². The fourth-order valence-corrected chi connectivity index (χ4v) is 2.57. The molecule has 0 atom stereocenters. The summed E-state index contributed by atoms with van der Waals surface area (Å²) in [5.74, 6) is 0.315. The molecule has 1 aromatic rings. The average Bonchev–Trinajstić information content (AvgIpc) is 2.36. The molecule has 0 radical (unpaired) electrons. The van der Waals surface area contributed by atoms with E-state index in [1.165, 1.54) is 11.8 Å². The number of aryl methyl sites for hydroxylation is 3. The van der Waals surface area contributed by atoms with Crippen LogP contribution in [-0.4, -0.2) is 41.6 Å². The third-order valence-electron chi connectivity index (χ3n) is 2.75. The number of carboxylic acid groups (broad SMARTS) is 1. The Labute approximate surface area is 129 Å². The summed E-state index contributed by atoms with van der Waals surface area (Å²) < 4.78 is 5.57. The van der Waals surface area contributed by atoms with Gasteiger partial charge < -0.3 is 15.2 Å². The largest absolute Gasteiger partial charge is 0.483 e. The molecular weight excluding hydrogens is 290 g/mol. The average molecular weight is 311 g/mol. The van der Waals surface area contributed by atoms with Crippen LogP contribution in [0, 0.1) is 20.8 Å². The third kappa shape index (κ3) is 6.53. The Morgan fingerprint density at radius 1 is 1.24 bits per heavy atom. The van der Waals surface area contributed by atoms with Gasteiger partial charge in [0.2, 0.25) is 0 Å². The minimum Gasteiger partial charge on any atom is -0.483 e. The number of amides is 1. The molecule has 6 heteroatoms. The summed E-state index contributed by atoms with van der Waals surface area (Å²) in [5, 5.41) is 11.2. The maximum Gasteiger partial charge on any atom is 0.313 e. The van der Waals surface area contributed by atoms with Gasteiger partial charge >= 0.3 is 5.97 Å². The number of hydrogen-bond acceptors (Lipinski definition) is 4. The lowest BCUT2D eigenvalue weighted by Gasteiger charge is -2.13. The first kappa shape index (κ1) is 17.4. The number of aliphatic carboxylic acids is 1. The van der Waals surface area contributed by atoms with Gasteiger partial charge in [-0.2, -0.15) is 0 Å². The summed E-state index contributed by atoms with van der Waals surface area (Å²) in [6, 6.07) is 4.03. The Hall–Kier alpha value is -1.69. The Morgan fingerprint density at radius 2 is 1.86 bits per heavy atom. The fourth-order valence-electron chi connectivity index (χ4n) is 2.01. The maximum atomic E-state index is 11.6. The smallest absolute Gasteiger partial charge is 0.313 e. The molecule has 1 amide bonds. The van der Waals surface area contributed by atoms with Crippen molar-refractivity contribution in [3.63, 3.8) is 0 Å². The van der Waals surface area contributed by atoms with Crippen molar-refractivity contribution in [2.45, 2.75) is 20.8 Å². The zero-order valence-corrected chi connectivity index (χ0v) is 13.4. The lowest BCUT2D eigenvalue weighted by Crippen LogP contribution is -2.31. The van der Waals surface area contributed by atoms with E-state index < -0.39 is 5.97 Å². The van der Waals surface area contributed by atoms with E-state index in [2.05, 4.69) is 5.32 Å². The topological polar surface area (TPSA) is 75.6 Å². The zero-order valence-electron chi connectivity index (χ0n) is 12.6. The maximum absolute atomic E-state index is 11.6. The molecule has 0 aliphatic carbocycles. The van der Waals surface area contributed by atoms with Gasteiger partial charge in [0, 0.05) is 12.3 Å². The van der Waals surface area contributed by atoms with E-state index in [4.69, 9.17) is 9.84 Å². The monoisotopic (exact) mass is 311 g/mol. The quantitative estimate of drug-likeness (QED) is 0.717. The molecule has 0 saturated heterocycles. The van der Waals surface area contributed by atoms with Crippen LogP contribution in [0.5, 0.6) is 5.75 Å². The van der Waals surface area contributed by atoms with Crippen LogP contribution in [-0.2, 0) is 9.59 Å². The van der Waals surface area contributed by atoms with E-state index in [1.54, 1.807) is 0 Å². The number of benzene rings is 1. The van der Waals surface area contributed by atoms with Crippen molar-refractivity contribution >= 4 is 23.6 Å². The molecule has 21 heavy (non-hydrogen) atoms. The Morgan fingerprint density at radius 3 is 2.43 bits per heavy atom. The van der Waals surface area contributed by atoms with E-state index in [1.807, 2.05) is 32.9 Å². The number of ether oxygens (including phenoxy) is 1. The minimum atomic E-state index is -0.847. The molecule has 0 bridgehead atoms. The van der Waals surface area contributed by atoms with Crippen LogP contribution in [0.25, 0.3) is 0 Å². The van der Waals surface area contributed by atoms with Gasteiger partial charge in [0.15, 0.2) is 6.61 Å². The predicted octanol–water partition coefficient (Wildman–Crippen LogP) is 1.92. The van der Waals surface area contributed by atoms with Gasteiger partial charge in [-0.15, -0.1) is 11.8 Å². The van der Waals surface area contributed by atoms with Crippen molar-refractivity contribution in [1.29, 1.82) is 0 Å². The number of nitrogens with one attached hydrogen (secondary N) is 1. The van der Waals surface area contributed by atoms with E-state index in [0.717, 1.165) is 22.4 Å². The van der Waals surface area contributed by atoms with Crippen molar-refractivity contribution in [2.24, 2.45) is 0 Å². The zero-order chi connectivity index (χ0) is 15.8. The molecule has 0 aliphatic rings. The Kier molecular flexibility index (Phi) is 7.08. The molecule has 5 nitrogen and oxygen atoms in total. The molecule has 0 fully saturated rings. The fraction of sp³-hybridized carbons (Fsp3) is 0.467. The Bertz CT molecular complexity index is 493. The molecule has 1 rings (SSSR count). The van der Waals surface area contributed by atoms with Crippen LogP contribution in [0.4, 0.5) is 0 Å². The highest BCUT2D eigenvalue weighted by Crippen LogP contribution is 2.24. The van der Waals surface area contributed by atoms with E-state index >= 15 is 0 Å². The number of rotatable bonds is 8. The lowest BCUT2D eigenvalue weighted by atomic mass is 10.1. The van der Waals surface area contributed by atoms with Gasteiger partial charge in [0.25, 0.3) is 5.91 Å². The number of carboxylic acids is 1. The summed E-state index contributed by atoms with van der Waals surface area (Å²) >= 11 is 1.27. The van der Waals surface area contributed by atoms with E-state index in [9.17, 15) is 9.59 Å². The SMILES string of the molecule is Cc1cc(C)c(OCC(=O)NCCSCC(=O)O)c(C)c1. The number of carbonyl (C=O) groups is 2. The molecule has 0 aliphatic heterocycles. The van der Waals surface area contributed by atoms with Crippen LogP contribution in [0.3, 0.4) is 0 Å². The van der Waals surface area contributed by atoms with Crippen molar-refractivity contribution in [2.75, 3.05) is 24.7 Å². The second-order valence-electron chi connectivity index (χ2n) is 4.81. The van der Waals surface area contributed by atoms with Gasteiger partial charge in [-0.25, -0.2) is 0 Å². The number of thioether (sulfide) groups is 1. The second-order valence-corrected chi connectivity index (χ2v) is 5.92. The van der Waals surface area contributed by atoms with Gasteiger partial charge in [0.05, 0.1) is 5.75 Å². The normalized spacial score (nSPS) is 10.2. The van der Waals surface area contributed by atoms with Crippen molar-refractivity contribution in [1.82, 2.24) is 5.32 Å². The molecule has 0 heterocycles. The lowest BCUT2D eigenvalue weighted by molar-refractivity contribution is -0.133. The van der Waals surface area contributed by atoms with E-state index in [-0.39, 0.29) is 18.3 Å². The van der Waals surface area contributed by atoms with Crippen LogP contribution < -0.4 is 10.1 Å². The Balaban J connectivity index is 2.32. The van der Waals surface area contributed by atoms with Crippen LogP contribution >= 0.6 is 11.8 Å². The van der Waals surface area contributed by atoms with Gasteiger partial charge in [-0.05, 0) is 31.9 Å². The predicted molar refractivity (Wildman–Crippen MR) is 84.1 cm³/mol. The first-order chi connectivity index (χ1) is 9.90. The third-order valence-corrected chi connectivity index (χ3v) is 3.69. The minimum absolute atomic E-state index is 0.0334. The summed E-state index contributed by atoms with van der Waals surface area (Å²) in [4.78, 5) is 22.0. The second kappa shape index (κ2) is 8.56. The first-order valence-corrected chi connectivity index (χ1v) is 7.82. The highest BCUT2D eigenvalue weighted by molar-refractivity contribution is 7.99. The molecule has 1 aromatic carbocycles. The number of hydrogen-bond donors (Lipinski definition) is 2. The summed E-state index contributed by atoms with van der Waals surface area (Å²) in [6.07, 6.45) is 0. The highest BCUT2D eigenvalue weighted by Gasteiger charge is 2.08. The molecule has 0 saturated carbocycles. The van der Waals surface area contributed by atoms with Crippen LogP contribution in [0.1, 0.15) is 16.7 Å². The summed E-state index contributed by atoms with van der Waals surface area (Å²) in [7, 11) is 0. The first-order valence-electron chi connectivity index (χ1n) is 6.67. The molecule has 0 aromatic heterocycles. The highest BCUT2D eigenvalue weighted by atomic mass is 32.2. The van der Waals surface area contributed by atoms with Crippen molar-refractivity contribution in [3.8, 4) is 5.75 Å². The van der Waals surface area contributed by atoms with Gasteiger partial charge in [0.1, 0.15) is 5.75 Å². The number of carbonyl (C=O) groups excluding carboxylic acids is 1. The molecule has 0 spiro atoms. The molecule has 116 valence electrons. The molecular formula is C15H21NO4S. The van der Waals surface area contributed by atoms with Crippen molar-refractivity contribution < 1.29 is 19.4 Å². The van der Waals surface area contributed by atoms with Gasteiger partial charge in [-0.1, -0.05) is 17.7 Å². The standard InChI is InChI=1S/C15H21NO4S/c1-10-6-11(2)15(12(3)7-10)20-8-13(17)16-4-5-21-9-14(18)19/h6-7H,4-5,8-9H2,1-3H3,(H,16,17)(H,18,19). The van der Waals surface area contributed by atoms with Gasteiger partial charge in [-0.3, -0.25) is 9.59 Å². The van der Waals surface area contributed by atoms with Crippen LogP contribution in [0.2, 0.25) is 0 Å². The van der Waals surface area contributed by atoms with E-state index in [0.29, 0.717) is 12.3 Å². The summed E-state index contributed by atoms with van der Waals surface area (Å²) in [6.45, 7) is 6.33. The summed E-state index contributed by atoms with van der Waals surface area (Å²) in [5.41, 5.74) is 3.19. The van der Waals surface area contributed by atoms with Crippen molar-refractivity contribution in [3.05, 3.63) is 28.8 Å². The molecule has 2 N–H and O–H groups in total. The molecule has 0 unspecified atom stereocenters.